The van der Waals surface area contributed by atoms with Gasteiger partial charge in [-0.2, -0.15) is 0 Å². The third-order valence-electron chi connectivity index (χ3n) is 3.92. The highest BCUT2D eigenvalue weighted by atomic mass is 32.1. The summed E-state index contributed by atoms with van der Waals surface area (Å²) in [5.41, 5.74) is 1.37. The summed E-state index contributed by atoms with van der Waals surface area (Å²) < 4.78 is 5.62. The Hall–Kier alpha value is -2.06. The third-order valence-corrected chi connectivity index (χ3v) is 4.74. The van der Waals surface area contributed by atoms with Gasteiger partial charge in [0, 0.05) is 36.1 Å². The molecule has 1 aliphatic rings. The second-order valence-corrected chi connectivity index (χ2v) is 6.98. The quantitative estimate of drug-likeness (QED) is 0.883. The maximum Gasteiger partial charge on any atom is 0.250 e. The first-order chi connectivity index (χ1) is 11.6. The number of aryl methyl sites for hydroxylation is 1. The van der Waals surface area contributed by atoms with Crippen LogP contribution in [0.4, 0.5) is 0 Å². The summed E-state index contributed by atoms with van der Waals surface area (Å²) in [6.07, 6.45) is 2.34. The van der Waals surface area contributed by atoms with Gasteiger partial charge in [0.25, 0.3) is 5.56 Å². The van der Waals surface area contributed by atoms with Gasteiger partial charge in [0.2, 0.25) is 5.91 Å². The van der Waals surface area contributed by atoms with Crippen LogP contribution in [0.1, 0.15) is 16.4 Å². The van der Waals surface area contributed by atoms with Crippen molar-refractivity contribution in [1.29, 1.82) is 0 Å². The van der Waals surface area contributed by atoms with Gasteiger partial charge in [0.05, 0.1) is 36.7 Å². The van der Waals surface area contributed by atoms with Crippen LogP contribution < -0.4 is 5.56 Å². The van der Waals surface area contributed by atoms with Gasteiger partial charge in [-0.05, 0) is 13.3 Å². The van der Waals surface area contributed by atoms with E-state index in [0.29, 0.717) is 39.1 Å². The normalized spacial score (nSPS) is 18.4. The lowest BCUT2D eigenvalue weighted by molar-refractivity contribution is -0.130. The molecule has 0 bridgehead atoms. The number of amides is 1. The molecule has 1 fully saturated rings. The number of nitrogens with one attached hydrogen (secondary N) is 1. The van der Waals surface area contributed by atoms with Crippen LogP contribution in [-0.2, 0) is 22.4 Å². The minimum atomic E-state index is -0.165. The summed E-state index contributed by atoms with van der Waals surface area (Å²) in [5, 5.41) is 2.90. The van der Waals surface area contributed by atoms with Crippen molar-refractivity contribution in [3.05, 3.63) is 44.5 Å². The molecular formula is C16H20N4O3S. The molecule has 1 aliphatic heterocycles. The van der Waals surface area contributed by atoms with Crippen molar-refractivity contribution in [2.75, 3.05) is 26.3 Å². The average molecular weight is 348 g/mol. The van der Waals surface area contributed by atoms with Gasteiger partial charge < -0.3 is 14.6 Å². The van der Waals surface area contributed by atoms with Crippen LogP contribution in [0.25, 0.3) is 0 Å². The fourth-order valence-electron chi connectivity index (χ4n) is 2.80. The van der Waals surface area contributed by atoms with Gasteiger partial charge >= 0.3 is 0 Å². The van der Waals surface area contributed by atoms with Gasteiger partial charge in [-0.25, -0.2) is 9.97 Å². The minimum absolute atomic E-state index is 0.0645. The fourth-order valence-corrected chi connectivity index (χ4v) is 3.42. The van der Waals surface area contributed by atoms with Crippen LogP contribution >= 0.6 is 11.3 Å². The summed E-state index contributed by atoms with van der Waals surface area (Å²) in [6, 6.07) is 1.50. The standard InChI is InChI=1S/C16H20N4O3S/c1-11-19-14(9-24-11)6-16(22)20-2-3-23-8-12(7-20)4-13-5-15(21)18-10-17-13/h5,9-10,12H,2-4,6-8H2,1H3,(H,17,18,21)/t12-/m1/s1. The predicted octanol–water partition coefficient (Wildman–Crippen LogP) is 0.795. The lowest BCUT2D eigenvalue weighted by atomic mass is 10.0. The SMILES string of the molecule is Cc1nc(CC(=O)N2CCOC[C@H](Cc3cc(=O)[nH]cn3)C2)cs1. The number of carbonyl (C=O) groups excluding carboxylic acids is 1. The van der Waals surface area contributed by atoms with Crippen LogP contribution in [0.3, 0.4) is 0 Å². The van der Waals surface area contributed by atoms with Crippen molar-refractivity contribution in [3.63, 3.8) is 0 Å². The molecular weight excluding hydrogens is 328 g/mol. The van der Waals surface area contributed by atoms with E-state index in [1.807, 2.05) is 17.2 Å². The summed E-state index contributed by atoms with van der Waals surface area (Å²) in [7, 11) is 0. The van der Waals surface area contributed by atoms with Gasteiger partial charge in [0.1, 0.15) is 0 Å². The smallest absolute Gasteiger partial charge is 0.250 e. The molecule has 0 unspecified atom stereocenters. The maximum atomic E-state index is 12.5. The Balaban J connectivity index is 1.63. The number of nitrogens with zero attached hydrogens (tertiary/aromatic N) is 3. The second-order valence-electron chi connectivity index (χ2n) is 5.92. The van der Waals surface area contributed by atoms with Crippen LogP contribution in [-0.4, -0.2) is 52.1 Å². The number of H-pyrrole nitrogens is 1. The molecule has 0 radical (unpaired) electrons. The summed E-state index contributed by atoms with van der Waals surface area (Å²) >= 11 is 1.55. The largest absolute Gasteiger partial charge is 0.379 e. The molecule has 24 heavy (non-hydrogen) atoms. The second kappa shape index (κ2) is 7.67. The van der Waals surface area contributed by atoms with Crippen molar-refractivity contribution >= 4 is 17.2 Å². The number of rotatable bonds is 4. The molecule has 0 aliphatic carbocycles. The Kier molecular flexibility index (Phi) is 5.37. The highest BCUT2D eigenvalue weighted by Gasteiger charge is 2.23. The number of aromatic nitrogens is 3. The van der Waals surface area contributed by atoms with E-state index >= 15 is 0 Å². The molecule has 128 valence electrons. The van der Waals surface area contributed by atoms with E-state index in [2.05, 4.69) is 15.0 Å². The first kappa shape index (κ1) is 16.8. The Bertz CT molecular complexity index is 758. The van der Waals surface area contributed by atoms with Crippen LogP contribution in [0.15, 0.2) is 22.6 Å². The van der Waals surface area contributed by atoms with Crippen LogP contribution in [0.5, 0.6) is 0 Å². The van der Waals surface area contributed by atoms with Gasteiger partial charge in [0.15, 0.2) is 0 Å². The Morgan fingerprint density at radius 3 is 3.12 bits per heavy atom. The molecule has 0 saturated carbocycles. The summed E-state index contributed by atoms with van der Waals surface area (Å²) in [4.78, 5) is 36.8. The number of thiazole rings is 1. The van der Waals surface area contributed by atoms with Crippen LogP contribution in [0.2, 0.25) is 0 Å². The predicted molar refractivity (Wildman–Crippen MR) is 90.0 cm³/mol. The van der Waals surface area contributed by atoms with E-state index in [-0.39, 0.29) is 17.4 Å². The summed E-state index contributed by atoms with van der Waals surface area (Å²) in [5.74, 6) is 0.192. The topological polar surface area (TPSA) is 88.2 Å². The van der Waals surface area contributed by atoms with E-state index in [0.717, 1.165) is 16.4 Å². The zero-order valence-electron chi connectivity index (χ0n) is 13.5. The third kappa shape index (κ3) is 4.48. The van der Waals surface area contributed by atoms with Crippen molar-refractivity contribution < 1.29 is 9.53 Å². The molecule has 8 heteroatoms. The molecule has 3 heterocycles. The number of hydrogen-bond acceptors (Lipinski definition) is 6. The lowest BCUT2D eigenvalue weighted by Gasteiger charge is -2.23. The Labute approximate surface area is 143 Å². The summed E-state index contributed by atoms with van der Waals surface area (Å²) in [6.45, 7) is 4.22. The van der Waals surface area contributed by atoms with E-state index in [1.165, 1.54) is 12.4 Å². The number of aromatic amines is 1. The van der Waals surface area contributed by atoms with Gasteiger partial charge in [-0.15, -0.1) is 11.3 Å². The molecule has 1 atom stereocenters. The van der Waals surface area contributed by atoms with E-state index in [9.17, 15) is 9.59 Å². The molecule has 7 nitrogen and oxygen atoms in total. The zero-order valence-corrected chi connectivity index (χ0v) is 14.3. The van der Waals surface area contributed by atoms with E-state index in [4.69, 9.17) is 4.74 Å². The van der Waals surface area contributed by atoms with Crippen molar-refractivity contribution in [2.24, 2.45) is 5.92 Å². The molecule has 2 aromatic heterocycles. The first-order valence-electron chi connectivity index (χ1n) is 7.90. The van der Waals surface area contributed by atoms with Gasteiger partial charge in [-0.3, -0.25) is 9.59 Å². The highest BCUT2D eigenvalue weighted by Crippen LogP contribution is 2.14. The van der Waals surface area contributed by atoms with Crippen LogP contribution in [0, 0.1) is 12.8 Å². The molecule has 0 spiro atoms. The first-order valence-corrected chi connectivity index (χ1v) is 8.78. The number of carbonyl (C=O) groups is 1. The fraction of sp³-hybridized carbons (Fsp3) is 0.500. The molecule has 1 amide bonds. The van der Waals surface area contributed by atoms with Crippen molar-refractivity contribution in [2.45, 2.75) is 19.8 Å². The van der Waals surface area contributed by atoms with E-state index in [1.54, 1.807) is 11.3 Å². The van der Waals surface area contributed by atoms with Crippen molar-refractivity contribution in [1.82, 2.24) is 19.9 Å². The minimum Gasteiger partial charge on any atom is -0.379 e. The highest BCUT2D eigenvalue weighted by molar-refractivity contribution is 7.09. The molecule has 1 N–H and O–H groups in total. The molecule has 3 rings (SSSR count). The average Bonchev–Trinajstić information content (AvgIpc) is 2.81. The zero-order chi connectivity index (χ0) is 16.9. The maximum absolute atomic E-state index is 12.5. The van der Waals surface area contributed by atoms with Gasteiger partial charge in [-0.1, -0.05) is 0 Å². The monoisotopic (exact) mass is 348 g/mol. The Morgan fingerprint density at radius 1 is 1.50 bits per heavy atom. The number of ether oxygens (including phenoxy) is 1. The molecule has 0 aromatic carbocycles. The Morgan fingerprint density at radius 2 is 2.38 bits per heavy atom. The molecule has 1 saturated heterocycles. The van der Waals surface area contributed by atoms with Crippen molar-refractivity contribution in [3.8, 4) is 0 Å². The lowest BCUT2D eigenvalue weighted by Crippen LogP contribution is -2.37. The molecule has 2 aromatic rings. The van der Waals surface area contributed by atoms with E-state index < -0.39 is 0 Å². The number of hydrogen-bond donors (Lipinski definition) is 1.